The summed E-state index contributed by atoms with van der Waals surface area (Å²) in [5.41, 5.74) is 0.761. The lowest BCUT2D eigenvalue weighted by Crippen LogP contribution is -2.27. The number of phenolic OH excluding ortho intramolecular Hbond substituents is 1. The van der Waals surface area contributed by atoms with Crippen molar-refractivity contribution in [3.8, 4) is 5.75 Å². The van der Waals surface area contributed by atoms with E-state index in [0.717, 1.165) is 22.2 Å². The standard InChI is InChI=1S/C13H11NO3S/c1-2-7-14-12(16)11(18-13(14)17)8-9-3-5-10(15)6-4-9/h2-6,8,15H,1,7H2/b11-8+. The predicted octanol–water partition coefficient (Wildman–Crippen LogP) is 2.61. The molecule has 4 nitrogen and oxygen atoms in total. The topological polar surface area (TPSA) is 57.6 Å². The van der Waals surface area contributed by atoms with Crippen LogP contribution >= 0.6 is 11.8 Å². The van der Waals surface area contributed by atoms with Gasteiger partial charge in [0.2, 0.25) is 0 Å². The Morgan fingerprint density at radius 3 is 2.56 bits per heavy atom. The highest BCUT2D eigenvalue weighted by molar-refractivity contribution is 8.18. The van der Waals surface area contributed by atoms with Crippen LogP contribution in [0.2, 0.25) is 0 Å². The van der Waals surface area contributed by atoms with Crippen LogP contribution < -0.4 is 0 Å². The molecule has 1 aromatic rings. The van der Waals surface area contributed by atoms with Crippen molar-refractivity contribution in [2.75, 3.05) is 6.54 Å². The first-order valence-electron chi connectivity index (χ1n) is 5.27. The highest BCUT2D eigenvalue weighted by Gasteiger charge is 2.33. The molecule has 0 radical (unpaired) electrons. The molecule has 1 fully saturated rings. The molecule has 2 amide bonds. The van der Waals surface area contributed by atoms with Crippen LogP contribution in [-0.2, 0) is 4.79 Å². The zero-order valence-electron chi connectivity index (χ0n) is 9.50. The third kappa shape index (κ3) is 2.46. The van der Waals surface area contributed by atoms with Gasteiger partial charge in [0.05, 0.1) is 4.91 Å². The highest BCUT2D eigenvalue weighted by atomic mass is 32.2. The van der Waals surface area contributed by atoms with Gasteiger partial charge in [-0.05, 0) is 35.5 Å². The molecule has 0 bridgehead atoms. The van der Waals surface area contributed by atoms with Gasteiger partial charge in [-0.3, -0.25) is 14.5 Å². The summed E-state index contributed by atoms with van der Waals surface area (Å²) < 4.78 is 0. The number of imide groups is 1. The molecule has 1 heterocycles. The number of rotatable bonds is 3. The van der Waals surface area contributed by atoms with Crippen molar-refractivity contribution in [1.82, 2.24) is 4.90 Å². The Hall–Kier alpha value is -2.01. The van der Waals surface area contributed by atoms with Crippen molar-refractivity contribution in [2.24, 2.45) is 0 Å². The molecule has 1 aliphatic rings. The van der Waals surface area contributed by atoms with E-state index in [0.29, 0.717) is 4.91 Å². The van der Waals surface area contributed by atoms with E-state index >= 15 is 0 Å². The quantitative estimate of drug-likeness (QED) is 0.671. The number of carbonyl (C=O) groups excluding carboxylic acids is 2. The van der Waals surface area contributed by atoms with Crippen LogP contribution in [-0.4, -0.2) is 27.7 Å². The molecule has 5 heteroatoms. The molecule has 0 aliphatic carbocycles. The maximum Gasteiger partial charge on any atom is 0.293 e. The molecule has 18 heavy (non-hydrogen) atoms. The molecule has 1 N–H and O–H groups in total. The third-order valence-corrected chi connectivity index (χ3v) is 3.28. The van der Waals surface area contributed by atoms with Crippen LogP contribution in [0, 0.1) is 0 Å². The molecule has 0 unspecified atom stereocenters. The lowest BCUT2D eigenvalue weighted by atomic mass is 10.2. The highest BCUT2D eigenvalue weighted by Crippen LogP contribution is 2.32. The Kier molecular flexibility index (Phi) is 3.53. The zero-order chi connectivity index (χ0) is 13.1. The Morgan fingerprint density at radius 1 is 1.28 bits per heavy atom. The number of nitrogens with zero attached hydrogens (tertiary/aromatic N) is 1. The van der Waals surface area contributed by atoms with Gasteiger partial charge < -0.3 is 5.11 Å². The monoisotopic (exact) mass is 261 g/mol. The zero-order valence-corrected chi connectivity index (χ0v) is 10.3. The van der Waals surface area contributed by atoms with Crippen LogP contribution in [0.4, 0.5) is 4.79 Å². The van der Waals surface area contributed by atoms with Crippen molar-refractivity contribution in [3.05, 3.63) is 47.4 Å². The summed E-state index contributed by atoms with van der Waals surface area (Å²) >= 11 is 0.909. The number of hydrogen-bond acceptors (Lipinski definition) is 4. The first-order valence-corrected chi connectivity index (χ1v) is 6.09. The second-order valence-corrected chi connectivity index (χ2v) is 4.67. The molecule has 92 valence electrons. The number of amides is 2. The van der Waals surface area contributed by atoms with Crippen molar-refractivity contribution in [3.63, 3.8) is 0 Å². The van der Waals surface area contributed by atoms with Crippen LogP contribution in [0.15, 0.2) is 41.8 Å². The van der Waals surface area contributed by atoms with E-state index in [1.807, 2.05) is 0 Å². The summed E-state index contributed by atoms with van der Waals surface area (Å²) in [6, 6.07) is 6.41. The fraction of sp³-hybridized carbons (Fsp3) is 0.0769. The van der Waals surface area contributed by atoms with Crippen LogP contribution in [0.3, 0.4) is 0 Å². The van der Waals surface area contributed by atoms with E-state index in [-0.39, 0.29) is 23.4 Å². The number of benzene rings is 1. The van der Waals surface area contributed by atoms with Gasteiger partial charge in [0, 0.05) is 6.54 Å². The van der Waals surface area contributed by atoms with E-state index in [1.54, 1.807) is 18.2 Å². The molecule has 0 spiro atoms. The summed E-state index contributed by atoms with van der Waals surface area (Å²) in [5.74, 6) is -0.148. The van der Waals surface area contributed by atoms with Crippen LogP contribution in [0.1, 0.15) is 5.56 Å². The van der Waals surface area contributed by atoms with Gasteiger partial charge in [-0.2, -0.15) is 0 Å². The number of phenols is 1. The second kappa shape index (κ2) is 5.10. The van der Waals surface area contributed by atoms with Gasteiger partial charge in [0.25, 0.3) is 11.1 Å². The van der Waals surface area contributed by atoms with E-state index in [2.05, 4.69) is 6.58 Å². The Morgan fingerprint density at radius 2 is 1.94 bits per heavy atom. The first-order chi connectivity index (χ1) is 8.61. The average Bonchev–Trinajstić information content (AvgIpc) is 2.60. The van der Waals surface area contributed by atoms with Crippen molar-refractivity contribution in [2.45, 2.75) is 0 Å². The largest absolute Gasteiger partial charge is 0.508 e. The molecular formula is C13H11NO3S. The number of thioether (sulfide) groups is 1. The van der Waals surface area contributed by atoms with E-state index < -0.39 is 0 Å². The van der Waals surface area contributed by atoms with Crippen molar-refractivity contribution < 1.29 is 14.7 Å². The van der Waals surface area contributed by atoms with Gasteiger partial charge in [-0.25, -0.2) is 0 Å². The molecule has 1 aromatic carbocycles. The number of hydrogen-bond donors (Lipinski definition) is 1. The molecular weight excluding hydrogens is 250 g/mol. The van der Waals surface area contributed by atoms with Crippen molar-refractivity contribution >= 4 is 29.0 Å². The van der Waals surface area contributed by atoms with Gasteiger partial charge in [-0.1, -0.05) is 18.2 Å². The molecule has 2 rings (SSSR count). The van der Waals surface area contributed by atoms with Gasteiger partial charge in [-0.15, -0.1) is 6.58 Å². The summed E-state index contributed by atoms with van der Waals surface area (Å²) in [6.07, 6.45) is 3.15. The summed E-state index contributed by atoms with van der Waals surface area (Å²) in [5, 5.41) is 8.87. The SMILES string of the molecule is C=CCN1C(=O)S/C(=C/c2ccc(O)cc2)C1=O. The maximum absolute atomic E-state index is 11.9. The summed E-state index contributed by atoms with van der Waals surface area (Å²) in [7, 11) is 0. The van der Waals surface area contributed by atoms with Crippen molar-refractivity contribution in [1.29, 1.82) is 0 Å². The van der Waals surface area contributed by atoms with E-state index in [4.69, 9.17) is 5.11 Å². The average molecular weight is 261 g/mol. The van der Waals surface area contributed by atoms with Crippen LogP contribution in [0.25, 0.3) is 6.08 Å². The molecule has 1 aliphatic heterocycles. The first kappa shape index (κ1) is 12.4. The van der Waals surface area contributed by atoms with Gasteiger partial charge >= 0.3 is 0 Å². The minimum atomic E-state index is -0.307. The minimum absolute atomic E-state index is 0.159. The Bertz CT molecular complexity index is 534. The van der Waals surface area contributed by atoms with E-state index in [9.17, 15) is 9.59 Å². The fourth-order valence-corrected chi connectivity index (χ4v) is 2.36. The van der Waals surface area contributed by atoms with Gasteiger partial charge in [0.1, 0.15) is 5.75 Å². The minimum Gasteiger partial charge on any atom is -0.508 e. The smallest absolute Gasteiger partial charge is 0.293 e. The maximum atomic E-state index is 11.9. The molecule has 0 atom stereocenters. The van der Waals surface area contributed by atoms with Gasteiger partial charge in [0.15, 0.2) is 0 Å². The third-order valence-electron chi connectivity index (χ3n) is 2.38. The Labute approximate surface area is 109 Å². The van der Waals surface area contributed by atoms with Crippen LogP contribution in [0.5, 0.6) is 5.75 Å². The number of aromatic hydroxyl groups is 1. The fourth-order valence-electron chi connectivity index (χ4n) is 1.51. The van der Waals surface area contributed by atoms with E-state index in [1.165, 1.54) is 18.2 Å². The lowest BCUT2D eigenvalue weighted by Gasteiger charge is -2.07. The second-order valence-electron chi connectivity index (χ2n) is 3.67. The molecule has 0 aromatic heterocycles. The number of carbonyl (C=O) groups is 2. The summed E-state index contributed by atoms with van der Waals surface area (Å²) in [4.78, 5) is 25.0. The summed E-state index contributed by atoms with van der Waals surface area (Å²) in [6.45, 7) is 3.73. The predicted molar refractivity (Wildman–Crippen MR) is 71.0 cm³/mol. The Balaban J connectivity index is 2.24. The molecule has 0 saturated carbocycles. The molecule has 1 saturated heterocycles. The normalized spacial score (nSPS) is 17.6. The lowest BCUT2D eigenvalue weighted by molar-refractivity contribution is -0.122.